The molecule has 0 aliphatic carbocycles. The highest BCUT2D eigenvalue weighted by Crippen LogP contribution is 2.34. The Kier molecular flexibility index (Phi) is 5.14. The van der Waals surface area contributed by atoms with Crippen molar-refractivity contribution < 1.29 is 9.59 Å². The van der Waals surface area contributed by atoms with Gasteiger partial charge in [-0.3, -0.25) is 14.5 Å². The fraction of sp³-hybridized carbons (Fsp3) is 0.238. The third kappa shape index (κ3) is 3.37. The van der Waals surface area contributed by atoms with Crippen LogP contribution in [0.25, 0.3) is 5.57 Å². The van der Waals surface area contributed by atoms with E-state index in [1.165, 1.54) is 4.90 Å². The number of anilines is 1. The highest BCUT2D eigenvalue weighted by Gasteiger charge is 2.41. The molecule has 26 heavy (non-hydrogen) atoms. The van der Waals surface area contributed by atoms with Crippen LogP contribution in [0.15, 0.2) is 60.3 Å². The molecule has 0 aromatic heterocycles. The molecule has 4 nitrogen and oxygen atoms in total. The number of para-hydroxylation sites is 1. The van der Waals surface area contributed by atoms with Crippen LogP contribution in [0, 0.1) is 5.92 Å². The molecule has 1 heterocycles. The summed E-state index contributed by atoms with van der Waals surface area (Å²) in [4.78, 5) is 29.3. The maximum absolute atomic E-state index is 13.1. The van der Waals surface area contributed by atoms with Gasteiger partial charge in [-0.2, -0.15) is 0 Å². The molecule has 2 amide bonds. The molecule has 5 heteroatoms. The van der Waals surface area contributed by atoms with Crippen LogP contribution in [-0.4, -0.2) is 30.3 Å². The first-order chi connectivity index (χ1) is 12.4. The zero-order chi connectivity index (χ0) is 18.8. The van der Waals surface area contributed by atoms with Gasteiger partial charge in [-0.25, -0.2) is 0 Å². The summed E-state index contributed by atoms with van der Waals surface area (Å²) in [5, 5.41) is 0.586. The first kappa shape index (κ1) is 18.2. The number of carbonyl (C=O) groups is 2. The molecule has 0 bridgehead atoms. The summed E-state index contributed by atoms with van der Waals surface area (Å²) in [6.45, 7) is 4.36. The Morgan fingerprint density at radius 1 is 0.962 bits per heavy atom. The number of rotatable bonds is 5. The van der Waals surface area contributed by atoms with Gasteiger partial charge >= 0.3 is 0 Å². The number of amides is 2. The van der Waals surface area contributed by atoms with E-state index in [1.54, 1.807) is 29.2 Å². The van der Waals surface area contributed by atoms with Crippen molar-refractivity contribution in [1.29, 1.82) is 0 Å². The molecule has 0 saturated carbocycles. The number of imide groups is 1. The molecule has 1 aliphatic rings. The van der Waals surface area contributed by atoms with Crippen LogP contribution in [0.2, 0.25) is 5.02 Å². The number of carbonyl (C=O) groups excluding carboxylic acids is 2. The van der Waals surface area contributed by atoms with Gasteiger partial charge in [0, 0.05) is 24.3 Å². The lowest BCUT2D eigenvalue weighted by molar-refractivity contribution is -0.137. The van der Waals surface area contributed by atoms with E-state index in [9.17, 15) is 9.59 Å². The summed E-state index contributed by atoms with van der Waals surface area (Å²) in [7, 11) is 1.81. The molecule has 0 saturated heterocycles. The summed E-state index contributed by atoms with van der Waals surface area (Å²) >= 11 is 5.99. The van der Waals surface area contributed by atoms with Crippen LogP contribution >= 0.6 is 11.6 Å². The van der Waals surface area contributed by atoms with Gasteiger partial charge in [0.05, 0.1) is 5.57 Å². The Labute approximate surface area is 158 Å². The van der Waals surface area contributed by atoms with E-state index in [4.69, 9.17) is 11.6 Å². The number of benzene rings is 2. The highest BCUT2D eigenvalue weighted by molar-refractivity contribution is 6.37. The molecule has 0 spiro atoms. The van der Waals surface area contributed by atoms with Crippen LogP contribution in [0.4, 0.5) is 5.69 Å². The minimum Gasteiger partial charge on any atom is -0.339 e. The van der Waals surface area contributed by atoms with Gasteiger partial charge < -0.3 is 4.90 Å². The molecule has 134 valence electrons. The maximum atomic E-state index is 13.1. The van der Waals surface area contributed by atoms with Gasteiger partial charge in [0.15, 0.2) is 0 Å². The van der Waals surface area contributed by atoms with Crippen LogP contribution < -0.4 is 4.90 Å². The average molecular weight is 369 g/mol. The van der Waals surface area contributed by atoms with Crippen LogP contribution in [0.5, 0.6) is 0 Å². The third-order valence-corrected chi connectivity index (χ3v) is 4.56. The maximum Gasteiger partial charge on any atom is 0.278 e. The van der Waals surface area contributed by atoms with Gasteiger partial charge in [0.25, 0.3) is 11.8 Å². The third-order valence-electron chi connectivity index (χ3n) is 4.30. The second-order valence-electron chi connectivity index (χ2n) is 6.74. The van der Waals surface area contributed by atoms with Crippen molar-refractivity contribution in [2.45, 2.75) is 13.8 Å². The van der Waals surface area contributed by atoms with Crippen LogP contribution in [0.3, 0.4) is 0 Å². The Bertz CT molecular complexity index is 857. The van der Waals surface area contributed by atoms with Crippen molar-refractivity contribution in [3.63, 3.8) is 0 Å². The van der Waals surface area contributed by atoms with Gasteiger partial charge in [-0.15, -0.1) is 0 Å². The van der Waals surface area contributed by atoms with E-state index in [2.05, 4.69) is 0 Å². The van der Waals surface area contributed by atoms with Gasteiger partial charge in [-0.1, -0.05) is 55.8 Å². The molecule has 0 unspecified atom stereocenters. The molecule has 2 aromatic rings. The second kappa shape index (κ2) is 7.34. The lowest BCUT2D eigenvalue weighted by atomic mass is 10.0. The van der Waals surface area contributed by atoms with E-state index in [0.717, 1.165) is 5.69 Å². The normalized spacial score (nSPS) is 14.6. The van der Waals surface area contributed by atoms with Crippen molar-refractivity contribution >= 4 is 34.7 Å². The van der Waals surface area contributed by atoms with Gasteiger partial charge in [0.2, 0.25) is 0 Å². The molecule has 0 fully saturated rings. The summed E-state index contributed by atoms with van der Waals surface area (Å²) in [5.74, 6) is -0.334. The van der Waals surface area contributed by atoms with Crippen molar-refractivity contribution in [2.24, 2.45) is 5.92 Å². The fourth-order valence-electron chi connectivity index (χ4n) is 3.06. The summed E-state index contributed by atoms with van der Waals surface area (Å²) in [5.41, 5.74) is 2.35. The Morgan fingerprint density at radius 3 is 2.15 bits per heavy atom. The summed E-state index contributed by atoms with van der Waals surface area (Å²) < 4.78 is 0. The van der Waals surface area contributed by atoms with Crippen LogP contribution in [-0.2, 0) is 9.59 Å². The molecule has 2 aromatic carbocycles. The lowest BCUT2D eigenvalue weighted by Crippen LogP contribution is -2.36. The molecular weight excluding hydrogens is 348 g/mol. The number of halogens is 1. The van der Waals surface area contributed by atoms with E-state index in [0.29, 0.717) is 28.4 Å². The van der Waals surface area contributed by atoms with Crippen molar-refractivity contribution in [1.82, 2.24) is 4.90 Å². The quantitative estimate of drug-likeness (QED) is 0.742. The fourth-order valence-corrected chi connectivity index (χ4v) is 3.19. The van der Waals surface area contributed by atoms with E-state index in [1.807, 2.05) is 51.2 Å². The van der Waals surface area contributed by atoms with Crippen molar-refractivity contribution in [3.05, 3.63) is 70.9 Å². The van der Waals surface area contributed by atoms with Crippen molar-refractivity contribution in [2.75, 3.05) is 18.5 Å². The molecule has 1 aliphatic heterocycles. The number of likely N-dealkylation sites (N-methyl/N-ethyl adjacent to an activating group) is 1. The monoisotopic (exact) mass is 368 g/mol. The van der Waals surface area contributed by atoms with E-state index < -0.39 is 0 Å². The Morgan fingerprint density at radius 2 is 1.58 bits per heavy atom. The first-order valence-corrected chi connectivity index (χ1v) is 8.93. The Hall–Kier alpha value is -2.59. The minimum atomic E-state index is -0.264. The minimum absolute atomic E-state index is 0.191. The van der Waals surface area contributed by atoms with Gasteiger partial charge in [-0.05, 0) is 35.7 Å². The predicted octanol–water partition coefficient (Wildman–Crippen LogP) is 4.21. The summed E-state index contributed by atoms with van der Waals surface area (Å²) in [6, 6.07) is 16.6. The lowest BCUT2D eigenvalue weighted by Gasteiger charge is -2.22. The average Bonchev–Trinajstić information content (AvgIpc) is 2.87. The highest BCUT2D eigenvalue weighted by atomic mass is 35.5. The van der Waals surface area contributed by atoms with Crippen molar-refractivity contribution in [3.8, 4) is 0 Å². The SMILES string of the molecule is CC(C)CN1C(=O)C(c2ccc(Cl)cc2)=C(N(C)c2ccccc2)C1=O. The van der Waals surface area contributed by atoms with Crippen LogP contribution in [0.1, 0.15) is 19.4 Å². The van der Waals surface area contributed by atoms with E-state index in [-0.39, 0.29) is 17.7 Å². The molecule has 0 atom stereocenters. The zero-order valence-corrected chi connectivity index (χ0v) is 15.8. The standard InChI is InChI=1S/C21H21ClN2O2/c1-14(2)13-24-20(25)18(15-9-11-16(22)12-10-15)19(21(24)26)23(3)17-7-5-4-6-8-17/h4-12,14H,13H2,1-3H3. The molecule has 0 radical (unpaired) electrons. The smallest absolute Gasteiger partial charge is 0.278 e. The zero-order valence-electron chi connectivity index (χ0n) is 15.1. The first-order valence-electron chi connectivity index (χ1n) is 8.55. The van der Waals surface area contributed by atoms with E-state index >= 15 is 0 Å². The number of hydrogen-bond acceptors (Lipinski definition) is 3. The molecular formula is C21H21ClN2O2. The largest absolute Gasteiger partial charge is 0.339 e. The number of hydrogen-bond donors (Lipinski definition) is 0. The molecule has 0 N–H and O–H groups in total. The van der Waals surface area contributed by atoms with Gasteiger partial charge in [0.1, 0.15) is 5.70 Å². The topological polar surface area (TPSA) is 40.6 Å². The second-order valence-corrected chi connectivity index (χ2v) is 7.18. The Balaban J connectivity index is 2.13. The predicted molar refractivity (Wildman–Crippen MR) is 105 cm³/mol. The number of nitrogens with zero attached hydrogens (tertiary/aromatic N) is 2. The summed E-state index contributed by atoms with van der Waals surface area (Å²) in [6.07, 6.45) is 0. The molecule has 3 rings (SSSR count).